The number of halogens is 1. The molecular formula is C20H20ClN3O5S. The number of fused-ring (bicyclic) bond motifs is 1. The molecule has 1 aliphatic carbocycles. The summed E-state index contributed by atoms with van der Waals surface area (Å²) in [5, 5.41) is 17.2. The van der Waals surface area contributed by atoms with E-state index in [9.17, 15) is 19.7 Å². The Morgan fingerprint density at radius 2 is 2.10 bits per heavy atom. The number of hydrogen-bond acceptors (Lipinski definition) is 6. The van der Waals surface area contributed by atoms with Crippen LogP contribution < -0.4 is 10.6 Å². The number of nitro benzene ring substituents is 1. The maximum atomic E-state index is 12.9. The lowest BCUT2D eigenvalue weighted by Gasteiger charge is -2.12. The van der Waals surface area contributed by atoms with Crippen LogP contribution in [-0.4, -0.2) is 36.0 Å². The van der Waals surface area contributed by atoms with Crippen LogP contribution in [-0.2, 0) is 17.6 Å². The normalized spacial score (nSPS) is 17.6. The van der Waals surface area contributed by atoms with E-state index in [4.69, 9.17) is 16.3 Å². The molecule has 0 saturated carbocycles. The second-order valence-electron chi connectivity index (χ2n) is 7.28. The monoisotopic (exact) mass is 449 g/mol. The van der Waals surface area contributed by atoms with E-state index in [1.807, 2.05) is 0 Å². The summed E-state index contributed by atoms with van der Waals surface area (Å²) in [6.07, 6.45) is 4.56. The van der Waals surface area contributed by atoms with Crippen molar-refractivity contribution in [2.45, 2.75) is 38.2 Å². The van der Waals surface area contributed by atoms with Gasteiger partial charge in [0.1, 0.15) is 10.0 Å². The molecule has 1 unspecified atom stereocenters. The second kappa shape index (κ2) is 8.71. The van der Waals surface area contributed by atoms with Crippen molar-refractivity contribution < 1.29 is 19.2 Å². The van der Waals surface area contributed by atoms with Crippen molar-refractivity contribution in [3.63, 3.8) is 0 Å². The maximum Gasteiger partial charge on any atom is 0.288 e. The fourth-order valence-electron chi connectivity index (χ4n) is 3.80. The van der Waals surface area contributed by atoms with Crippen LogP contribution in [0.2, 0.25) is 5.02 Å². The smallest absolute Gasteiger partial charge is 0.288 e. The minimum Gasteiger partial charge on any atom is -0.376 e. The molecule has 1 aromatic heterocycles. The maximum absolute atomic E-state index is 12.9. The SMILES string of the molecule is O=C(Nc1sc2c(c1C(=O)NCC1CCCO1)CCC2)c1ccc(Cl)c([N+](=O)[O-])c1. The molecule has 1 aliphatic heterocycles. The van der Waals surface area contributed by atoms with E-state index in [2.05, 4.69) is 10.6 Å². The van der Waals surface area contributed by atoms with Crippen LogP contribution in [0.4, 0.5) is 10.7 Å². The van der Waals surface area contributed by atoms with E-state index in [0.29, 0.717) is 23.7 Å². The highest BCUT2D eigenvalue weighted by atomic mass is 35.5. The van der Waals surface area contributed by atoms with Crippen molar-refractivity contribution in [2.75, 3.05) is 18.5 Å². The first-order valence-corrected chi connectivity index (χ1v) is 10.9. The molecule has 10 heteroatoms. The third-order valence-electron chi connectivity index (χ3n) is 5.29. The summed E-state index contributed by atoms with van der Waals surface area (Å²) >= 11 is 7.22. The summed E-state index contributed by atoms with van der Waals surface area (Å²) in [6.45, 7) is 1.14. The van der Waals surface area contributed by atoms with E-state index >= 15 is 0 Å². The molecule has 0 radical (unpaired) electrons. The summed E-state index contributed by atoms with van der Waals surface area (Å²) in [4.78, 5) is 37.2. The molecule has 30 heavy (non-hydrogen) atoms. The fraction of sp³-hybridized carbons (Fsp3) is 0.400. The first-order valence-electron chi connectivity index (χ1n) is 9.73. The summed E-state index contributed by atoms with van der Waals surface area (Å²) in [6, 6.07) is 3.87. The molecule has 0 spiro atoms. The van der Waals surface area contributed by atoms with E-state index in [-0.39, 0.29) is 28.3 Å². The van der Waals surface area contributed by atoms with Gasteiger partial charge in [0.2, 0.25) is 0 Å². The predicted octanol–water partition coefficient (Wildman–Crippen LogP) is 3.96. The van der Waals surface area contributed by atoms with E-state index in [1.54, 1.807) is 0 Å². The van der Waals surface area contributed by atoms with E-state index in [0.717, 1.165) is 48.6 Å². The first-order chi connectivity index (χ1) is 14.4. The molecule has 0 bridgehead atoms. The third-order valence-corrected chi connectivity index (χ3v) is 6.82. The lowest BCUT2D eigenvalue weighted by molar-refractivity contribution is -0.384. The quantitative estimate of drug-likeness (QED) is 0.512. The van der Waals surface area contributed by atoms with Gasteiger partial charge in [-0.05, 0) is 49.8 Å². The molecule has 4 rings (SSSR count). The number of ether oxygens (including phenoxy) is 1. The average Bonchev–Trinajstić information content (AvgIpc) is 3.43. The number of aryl methyl sites for hydroxylation is 1. The molecule has 158 valence electrons. The number of nitro groups is 1. The van der Waals surface area contributed by atoms with Crippen LogP contribution in [0.25, 0.3) is 0 Å². The highest BCUT2D eigenvalue weighted by Crippen LogP contribution is 2.39. The minimum absolute atomic E-state index is 0.0216. The Kier molecular flexibility index (Phi) is 6.03. The summed E-state index contributed by atoms with van der Waals surface area (Å²) in [5.74, 6) is -0.759. The van der Waals surface area contributed by atoms with Crippen LogP contribution in [0, 0.1) is 10.1 Å². The molecule has 1 saturated heterocycles. The minimum atomic E-state index is -0.636. The van der Waals surface area contributed by atoms with Gasteiger partial charge in [-0.3, -0.25) is 19.7 Å². The molecule has 2 aromatic rings. The molecule has 1 atom stereocenters. The van der Waals surface area contributed by atoms with Crippen molar-refractivity contribution in [2.24, 2.45) is 0 Å². The van der Waals surface area contributed by atoms with Crippen molar-refractivity contribution in [1.29, 1.82) is 0 Å². The number of carbonyl (C=O) groups excluding carboxylic acids is 2. The standard InChI is InChI=1S/C20H20ClN3O5S/c21-14-7-6-11(9-15(14)24(27)28)18(25)23-20-17(13-4-1-5-16(13)30-20)19(26)22-10-12-3-2-8-29-12/h6-7,9,12H,1-5,8,10H2,(H,22,26)(H,23,25). The number of thiophene rings is 1. The highest BCUT2D eigenvalue weighted by Gasteiger charge is 2.28. The zero-order valence-corrected chi connectivity index (χ0v) is 17.6. The Labute approximate surface area is 181 Å². The Balaban J connectivity index is 1.55. The lowest BCUT2D eigenvalue weighted by Crippen LogP contribution is -2.32. The van der Waals surface area contributed by atoms with Gasteiger partial charge in [0.25, 0.3) is 17.5 Å². The van der Waals surface area contributed by atoms with Crippen molar-refractivity contribution in [3.05, 3.63) is 54.9 Å². The molecule has 1 aromatic carbocycles. The van der Waals surface area contributed by atoms with Crippen LogP contribution in [0.1, 0.15) is 50.4 Å². The fourth-order valence-corrected chi connectivity index (χ4v) is 5.27. The Morgan fingerprint density at radius 1 is 1.27 bits per heavy atom. The number of rotatable bonds is 6. The molecule has 2 heterocycles. The van der Waals surface area contributed by atoms with Crippen LogP contribution in [0.5, 0.6) is 0 Å². The zero-order valence-electron chi connectivity index (χ0n) is 16.0. The first kappa shape index (κ1) is 20.8. The van der Waals surface area contributed by atoms with Gasteiger partial charge in [-0.25, -0.2) is 0 Å². The van der Waals surface area contributed by atoms with Gasteiger partial charge in [0, 0.05) is 29.7 Å². The lowest BCUT2D eigenvalue weighted by atomic mass is 10.1. The topological polar surface area (TPSA) is 111 Å². The third kappa shape index (κ3) is 4.19. The second-order valence-corrected chi connectivity index (χ2v) is 8.80. The largest absolute Gasteiger partial charge is 0.376 e. The number of nitrogens with zero attached hydrogens (tertiary/aromatic N) is 1. The van der Waals surface area contributed by atoms with Gasteiger partial charge in [-0.15, -0.1) is 11.3 Å². The number of carbonyl (C=O) groups is 2. The number of nitrogens with one attached hydrogen (secondary N) is 2. The Bertz CT molecular complexity index is 1020. The van der Waals surface area contributed by atoms with Crippen molar-refractivity contribution in [3.8, 4) is 0 Å². The average molecular weight is 450 g/mol. The van der Waals surface area contributed by atoms with Gasteiger partial charge in [0.15, 0.2) is 0 Å². The van der Waals surface area contributed by atoms with Crippen molar-refractivity contribution >= 4 is 45.4 Å². The summed E-state index contributed by atoms with van der Waals surface area (Å²) in [7, 11) is 0. The Hall–Kier alpha value is -2.49. The number of anilines is 1. The molecule has 8 nitrogen and oxygen atoms in total. The number of hydrogen-bond donors (Lipinski definition) is 2. The molecule has 2 N–H and O–H groups in total. The van der Waals surface area contributed by atoms with E-state index in [1.165, 1.54) is 23.5 Å². The van der Waals surface area contributed by atoms with Gasteiger partial charge < -0.3 is 15.4 Å². The van der Waals surface area contributed by atoms with Crippen LogP contribution in [0.15, 0.2) is 18.2 Å². The number of amides is 2. The molecule has 2 amide bonds. The zero-order chi connectivity index (χ0) is 21.3. The van der Waals surface area contributed by atoms with Gasteiger partial charge in [0.05, 0.1) is 16.6 Å². The highest BCUT2D eigenvalue weighted by molar-refractivity contribution is 7.17. The van der Waals surface area contributed by atoms with E-state index < -0.39 is 10.8 Å². The summed E-state index contributed by atoms with van der Waals surface area (Å²) in [5.41, 5.74) is 1.22. The Morgan fingerprint density at radius 3 is 2.83 bits per heavy atom. The van der Waals surface area contributed by atoms with Gasteiger partial charge in [-0.2, -0.15) is 0 Å². The van der Waals surface area contributed by atoms with Gasteiger partial charge >= 0.3 is 0 Å². The molecule has 1 fully saturated rings. The predicted molar refractivity (Wildman–Crippen MR) is 114 cm³/mol. The number of benzene rings is 1. The molecular weight excluding hydrogens is 430 g/mol. The van der Waals surface area contributed by atoms with Gasteiger partial charge in [-0.1, -0.05) is 11.6 Å². The van der Waals surface area contributed by atoms with Crippen LogP contribution in [0.3, 0.4) is 0 Å². The summed E-state index contributed by atoms with van der Waals surface area (Å²) < 4.78 is 5.56. The van der Waals surface area contributed by atoms with Crippen LogP contribution >= 0.6 is 22.9 Å². The molecule has 2 aliphatic rings. The van der Waals surface area contributed by atoms with Crippen molar-refractivity contribution in [1.82, 2.24) is 5.32 Å².